The number of rotatable bonds is 10. The number of ether oxygens (including phenoxy) is 1. The molecule has 0 radical (unpaired) electrons. The number of carbonyl (C=O) groups is 2. The van der Waals surface area contributed by atoms with Crippen LogP contribution in [0.5, 0.6) is 0 Å². The van der Waals surface area contributed by atoms with Gasteiger partial charge in [0, 0.05) is 25.6 Å². The maximum absolute atomic E-state index is 13.5. The SMILES string of the molecule is CC1(C)OB(c2cccc(COC(=O)N(Cc3ccccc3)C3CCC(CNC(=O)CCS)C3)c2)OC1(C)C. The Morgan fingerprint density at radius 3 is 2.41 bits per heavy atom. The standard InChI is InChI=1S/C30H41BN2O5S/c1-29(2)30(3,4)38-31(37-29)25-12-8-11-24(17-25)21-36-28(35)33(20-22-9-6-5-7-10-22)26-14-13-23(18-26)19-32-27(34)15-16-39/h5-12,17,23,26,39H,13-16,18-21H2,1-4H3,(H,32,34). The summed E-state index contributed by atoms with van der Waals surface area (Å²) in [6.45, 7) is 9.40. The van der Waals surface area contributed by atoms with Crippen LogP contribution in [0, 0.1) is 5.92 Å². The first kappa shape index (κ1) is 29.5. The number of thiol groups is 1. The average molecular weight is 553 g/mol. The molecule has 2 fully saturated rings. The van der Waals surface area contributed by atoms with Gasteiger partial charge in [-0.2, -0.15) is 12.6 Å². The molecule has 2 atom stereocenters. The molecular weight excluding hydrogens is 511 g/mol. The lowest BCUT2D eigenvalue weighted by atomic mass is 9.78. The summed E-state index contributed by atoms with van der Waals surface area (Å²) in [5, 5.41) is 3.01. The Bertz CT molecular complexity index is 1110. The topological polar surface area (TPSA) is 77.1 Å². The van der Waals surface area contributed by atoms with Gasteiger partial charge in [0.05, 0.1) is 11.2 Å². The van der Waals surface area contributed by atoms with Crippen molar-refractivity contribution in [3.05, 3.63) is 65.7 Å². The fourth-order valence-corrected chi connectivity index (χ4v) is 5.33. The Balaban J connectivity index is 1.39. The molecule has 1 saturated heterocycles. The molecule has 2 aromatic carbocycles. The molecule has 0 aromatic heterocycles. The van der Waals surface area contributed by atoms with E-state index in [1.165, 1.54) is 0 Å². The summed E-state index contributed by atoms with van der Waals surface area (Å²) in [4.78, 5) is 27.2. The van der Waals surface area contributed by atoms with Gasteiger partial charge >= 0.3 is 13.2 Å². The molecule has 1 saturated carbocycles. The molecule has 2 amide bonds. The Morgan fingerprint density at radius 2 is 1.72 bits per heavy atom. The molecule has 7 nitrogen and oxygen atoms in total. The zero-order valence-corrected chi connectivity index (χ0v) is 24.4. The Kier molecular flexibility index (Phi) is 9.67. The van der Waals surface area contributed by atoms with Gasteiger partial charge in [0.1, 0.15) is 6.61 Å². The van der Waals surface area contributed by atoms with E-state index in [1.807, 2.05) is 87.2 Å². The van der Waals surface area contributed by atoms with Gasteiger partial charge in [-0.1, -0.05) is 54.6 Å². The van der Waals surface area contributed by atoms with Gasteiger partial charge < -0.3 is 24.3 Å². The predicted octanol–water partition coefficient (Wildman–Crippen LogP) is 4.73. The molecule has 2 unspecified atom stereocenters. The number of hydrogen-bond acceptors (Lipinski definition) is 6. The van der Waals surface area contributed by atoms with Gasteiger partial charge in [0.2, 0.25) is 5.91 Å². The fourth-order valence-electron chi connectivity index (χ4n) is 5.12. The van der Waals surface area contributed by atoms with Gasteiger partial charge in [0.25, 0.3) is 0 Å². The normalized spacial score (nSPS) is 21.5. The summed E-state index contributed by atoms with van der Waals surface area (Å²) < 4.78 is 18.3. The van der Waals surface area contributed by atoms with Crippen molar-refractivity contribution in [1.29, 1.82) is 0 Å². The van der Waals surface area contributed by atoms with Crippen LogP contribution in [0.1, 0.15) is 64.5 Å². The minimum atomic E-state index is -0.469. The molecule has 2 aromatic rings. The zero-order valence-electron chi connectivity index (χ0n) is 23.5. The lowest BCUT2D eigenvalue weighted by Gasteiger charge is -2.32. The summed E-state index contributed by atoms with van der Waals surface area (Å²) >= 11 is 4.13. The van der Waals surface area contributed by atoms with Gasteiger partial charge in [-0.3, -0.25) is 4.79 Å². The third-order valence-corrected chi connectivity index (χ3v) is 8.37. The van der Waals surface area contributed by atoms with Crippen LogP contribution in [0.2, 0.25) is 0 Å². The van der Waals surface area contributed by atoms with Gasteiger partial charge in [0.15, 0.2) is 0 Å². The highest BCUT2D eigenvalue weighted by Crippen LogP contribution is 2.36. The molecule has 0 spiro atoms. The van der Waals surface area contributed by atoms with E-state index in [0.717, 1.165) is 35.9 Å². The van der Waals surface area contributed by atoms with E-state index < -0.39 is 18.3 Å². The predicted molar refractivity (Wildman–Crippen MR) is 157 cm³/mol. The van der Waals surface area contributed by atoms with Crippen molar-refractivity contribution in [2.45, 2.75) is 83.8 Å². The highest BCUT2D eigenvalue weighted by Gasteiger charge is 2.51. The van der Waals surface area contributed by atoms with Crippen LogP contribution in [0.25, 0.3) is 0 Å². The smallest absolute Gasteiger partial charge is 0.445 e. The molecule has 2 aliphatic rings. The molecule has 0 bridgehead atoms. The van der Waals surface area contributed by atoms with Crippen LogP contribution in [0.3, 0.4) is 0 Å². The summed E-state index contributed by atoms with van der Waals surface area (Å²) in [6, 6.07) is 17.9. The number of carbonyl (C=O) groups excluding carboxylic acids is 2. The lowest BCUT2D eigenvalue weighted by Crippen LogP contribution is -2.41. The highest BCUT2D eigenvalue weighted by molar-refractivity contribution is 7.80. The molecule has 1 aliphatic carbocycles. The maximum Gasteiger partial charge on any atom is 0.494 e. The van der Waals surface area contributed by atoms with E-state index in [9.17, 15) is 9.59 Å². The van der Waals surface area contributed by atoms with Crippen molar-refractivity contribution < 1.29 is 23.6 Å². The van der Waals surface area contributed by atoms with Crippen molar-refractivity contribution in [3.63, 3.8) is 0 Å². The second-order valence-corrected chi connectivity index (χ2v) is 12.1. The second kappa shape index (κ2) is 12.8. The Labute approximate surface area is 238 Å². The lowest BCUT2D eigenvalue weighted by molar-refractivity contribution is -0.120. The number of nitrogens with one attached hydrogen (secondary N) is 1. The van der Waals surface area contributed by atoms with Crippen molar-refractivity contribution in [1.82, 2.24) is 10.2 Å². The molecule has 1 aliphatic heterocycles. The van der Waals surface area contributed by atoms with Gasteiger partial charge in [-0.25, -0.2) is 4.79 Å². The minimum Gasteiger partial charge on any atom is -0.445 e. The first-order valence-corrected chi connectivity index (χ1v) is 14.5. The van der Waals surface area contributed by atoms with Crippen molar-refractivity contribution in [2.24, 2.45) is 5.92 Å². The van der Waals surface area contributed by atoms with Crippen molar-refractivity contribution >= 4 is 37.2 Å². The number of nitrogens with zero attached hydrogens (tertiary/aromatic N) is 1. The van der Waals surface area contributed by atoms with Crippen molar-refractivity contribution in [2.75, 3.05) is 12.3 Å². The first-order valence-electron chi connectivity index (χ1n) is 13.9. The highest BCUT2D eigenvalue weighted by atomic mass is 32.1. The number of hydrogen-bond donors (Lipinski definition) is 2. The molecule has 39 heavy (non-hydrogen) atoms. The largest absolute Gasteiger partial charge is 0.494 e. The minimum absolute atomic E-state index is 0.0248. The number of benzene rings is 2. The van der Waals surface area contributed by atoms with Gasteiger partial charge in [-0.15, -0.1) is 0 Å². The molecule has 210 valence electrons. The average Bonchev–Trinajstić information content (AvgIpc) is 3.46. The third kappa shape index (κ3) is 7.59. The number of amides is 2. The zero-order chi connectivity index (χ0) is 28.0. The summed E-state index contributed by atoms with van der Waals surface area (Å²) in [6.07, 6.45) is 2.76. The molecule has 1 heterocycles. The van der Waals surface area contributed by atoms with Crippen molar-refractivity contribution in [3.8, 4) is 0 Å². The maximum atomic E-state index is 13.5. The first-order chi connectivity index (χ1) is 18.6. The van der Waals surface area contributed by atoms with E-state index >= 15 is 0 Å². The third-order valence-electron chi connectivity index (χ3n) is 8.15. The second-order valence-electron chi connectivity index (χ2n) is 11.6. The molecule has 4 rings (SSSR count). The molecular formula is C30H41BN2O5S. The van der Waals surface area contributed by atoms with Crippen LogP contribution in [0.15, 0.2) is 54.6 Å². The van der Waals surface area contributed by atoms with Crippen LogP contribution in [-0.2, 0) is 32.0 Å². The molecule has 9 heteroatoms. The summed E-state index contributed by atoms with van der Waals surface area (Å²) in [5.74, 6) is 0.897. The van der Waals surface area contributed by atoms with E-state index in [2.05, 4.69) is 17.9 Å². The Morgan fingerprint density at radius 1 is 1.03 bits per heavy atom. The quantitative estimate of drug-likeness (QED) is 0.329. The van der Waals surface area contributed by atoms with Crippen LogP contribution < -0.4 is 10.8 Å². The Hall–Kier alpha value is -2.49. The van der Waals surface area contributed by atoms with E-state index in [-0.39, 0.29) is 24.6 Å². The van der Waals surface area contributed by atoms with Crippen LogP contribution >= 0.6 is 12.6 Å². The monoisotopic (exact) mass is 552 g/mol. The van der Waals surface area contributed by atoms with E-state index in [4.69, 9.17) is 14.0 Å². The van der Waals surface area contributed by atoms with Crippen LogP contribution in [-0.4, -0.2) is 53.6 Å². The van der Waals surface area contributed by atoms with Crippen LogP contribution in [0.4, 0.5) is 4.79 Å². The summed E-state index contributed by atoms with van der Waals surface area (Å²) in [5.41, 5.74) is 2.00. The van der Waals surface area contributed by atoms with E-state index in [0.29, 0.717) is 31.2 Å². The fraction of sp³-hybridized carbons (Fsp3) is 0.533. The van der Waals surface area contributed by atoms with E-state index in [1.54, 1.807) is 0 Å². The van der Waals surface area contributed by atoms with Gasteiger partial charge in [-0.05, 0) is 75.2 Å². The molecule has 1 N–H and O–H groups in total. The summed E-state index contributed by atoms with van der Waals surface area (Å²) in [7, 11) is -0.469.